The van der Waals surface area contributed by atoms with Crippen LogP contribution < -0.4 is 0 Å². The summed E-state index contributed by atoms with van der Waals surface area (Å²) < 4.78 is 13.1. The Kier molecular flexibility index (Phi) is 2.96. The fourth-order valence-electron chi connectivity index (χ4n) is 0.708. The van der Waals surface area contributed by atoms with Crippen LogP contribution in [-0.2, 0) is 11.2 Å². The lowest BCUT2D eigenvalue weighted by Gasteiger charge is -1.97. The number of nitrogens with zero attached hydrogens (tertiary/aromatic N) is 1. The van der Waals surface area contributed by atoms with E-state index in [1.54, 1.807) is 22.6 Å². The van der Waals surface area contributed by atoms with E-state index in [0.29, 0.717) is 3.57 Å². The molecule has 0 saturated heterocycles. The van der Waals surface area contributed by atoms with E-state index in [4.69, 9.17) is 5.11 Å². The fraction of sp³-hybridized carbons (Fsp3) is 0.143. The Hall–Kier alpha value is -0.720. The number of aliphatic carboxylic acids is 1. The van der Waals surface area contributed by atoms with Crippen molar-refractivity contribution < 1.29 is 14.3 Å². The molecule has 0 amide bonds. The van der Waals surface area contributed by atoms with Crippen LogP contribution in [0.1, 0.15) is 5.69 Å². The van der Waals surface area contributed by atoms with Gasteiger partial charge in [-0.05, 0) is 34.7 Å². The third-order valence-corrected chi connectivity index (χ3v) is 2.00. The summed E-state index contributed by atoms with van der Waals surface area (Å²) in [7, 11) is 0. The number of carboxylic acid groups (broad SMARTS) is 1. The van der Waals surface area contributed by atoms with Crippen LogP contribution in [0, 0.1) is 9.52 Å². The highest BCUT2D eigenvalue weighted by Crippen LogP contribution is 2.08. The minimum absolute atomic E-state index is 0.236. The van der Waals surface area contributed by atoms with E-state index in [0.717, 1.165) is 0 Å². The third kappa shape index (κ3) is 2.40. The van der Waals surface area contributed by atoms with Crippen LogP contribution in [0.5, 0.6) is 0 Å². The van der Waals surface area contributed by atoms with Gasteiger partial charge in [0.25, 0.3) is 0 Å². The van der Waals surface area contributed by atoms with Crippen molar-refractivity contribution in [2.75, 3.05) is 0 Å². The van der Waals surface area contributed by atoms with Crippen LogP contribution in [0.4, 0.5) is 4.39 Å². The second-order valence-electron chi connectivity index (χ2n) is 2.15. The van der Waals surface area contributed by atoms with Crippen LogP contribution in [0.3, 0.4) is 0 Å². The monoisotopic (exact) mass is 281 g/mol. The summed E-state index contributed by atoms with van der Waals surface area (Å²) in [5.41, 5.74) is 0.236. The summed E-state index contributed by atoms with van der Waals surface area (Å²) in [6.07, 6.45) is -0.242. The Labute approximate surface area is 81.8 Å². The molecule has 0 saturated carbocycles. The highest BCUT2D eigenvalue weighted by molar-refractivity contribution is 14.1. The molecule has 3 nitrogen and oxygen atoms in total. The van der Waals surface area contributed by atoms with Crippen molar-refractivity contribution in [3.8, 4) is 0 Å². The van der Waals surface area contributed by atoms with Crippen molar-refractivity contribution in [2.24, 2.45) is 0 Å². The largest absolute Gasteiger partial charge is 0.481 e. The van der Waals surface area contributed by atoms with E-state index in [-0.39, 0.29) is 12.1 Å². The molecule has 0 aromatic carbocycles. The standard InChI is InChI=1S/C7H5FINO2/c8-7-5(9)2-1-4(10-7)3-6(11)12/h1-2H,3H2,(H,11,12). The van der Waals surface area contributed by atoms with E-state index in [9.17, 15) is 9.18 Å². The van der Waals surface area contributed by atoms with Crippen LogP contribution >= 0.6 is 22.6 Å². The molecule has 0 radical (unpaired) electrons. The lowest BCUT2D eigenvalue weighted by Crippen LogP contribution is -2.03. The fourth-order valence-corrected chi connectivity index (χ4v) is 1.01. The Balaban J connectivity index is 2.89. The first-order valence-corrected chi connectivity index (χ1v) is 4.20. The van der Waals surface area contributed by atoms with Gasteiger partial charge < -0.3 is 5.11 Å². The molecule has 0 atom stereocenters. The molecule has 0 aliphatic heterocycles. The number of halogens is 2. The first kappa shape index (κ1) is 9.37. The van der Waals surface area contributed by atoms with Crippen molar-refractivity contribution in [1.82, 2.24) is 4.98 Å². The summed E-state index contributed by atoms with van der Waals surface area (Å²) in [6.45, 7) is 0. The highest BCUT2D eigenvalue weighted by atomic mass is 127. The minimum Gasteiger partial charge on any atom is -0.481 e. The molecule has 1 heterocycles. The second kappa shape index (κ2) is 3.79. The van der Waals surface area contributed by atoms with Gasteiger partial charge in [0.1, 0.15) is 0 Å². The first-order valence-electron chi connectivity index (χ1n) is 3.12. The second-order valence-corrected chi connectivity index (χ2v) is 3.31. The van der Waals surface area contributed by atoms with Crippen molar-refractivity contribution in [3.05, 3.63) is 27.3 Å². The molecule has 0 fully saturated rings. The summed E-state index contributed by atoms with van der Waals surface area (Å²) in [6, 6.07) is 3.00. The maximum atomic E-state index is 12.7. The molecule has 1 rings (SSSR count). The number of aromatic nitrogens is 1. The van der Waals surface area contributed by atoms with Gasteiger partial charge in [-0.15, -0.1) is 0 Å². The van der Waals surface area contributed by atoms with Crippen LogP contribution in [0.25, 0.3) is 0 Å². The predicted octanol–water partition coefficient (Wildman–Crippen LogP) is 1.45. The van der Waals surface area contributed by atoms with Gasteiger partial charge in [0.15, 0.2) is 0 Å². The van der Waals surface area contributed by atoms with E-state index >= 15 is 0 Å². The van der Waals surface area contributed by atoms with Gasteiger partial charge in [0.05, 0.1) is 15.7 Å². The Morgan fingerprint density at radius 1 is 1.67 bits per heavy atom. The molecule has 0 aliphatic carbocycles. The molecule has 5 heteroatoms. The van der Waals surface area contributed by atoms with E-state index in [2.05, 4.69) is 4.98 Å². The summed E-state index contributed by atoms with van der Waals surface area (Å²) in [5, 5.41) is 8.36. The lowest BCUT2D eigenvalue weighted by atomic mass is 10.3. The molecule has 0 unspecified atom stereocenters. The van der Waals surface area contributed by atoms with Crippen LogP contribution in [0.15, 0.2) is 12.1 Å². The summed E-state index contributed by atoms with van der Waals surface area (Å²) >= 11 is 1.79. The van der Waals surface area contributed by atoms with Gasteiger partial charge in [0.2, 0.25) is 5.95 Å². The van der Waals surface area contributed by atoms with Crippen LogP contribution in [0.2, 0.25) is 0 Å². The minimum atomic E-state index is -1.01. The molecular weight excluding hydrogens is 276 g/mol. The normalized spacial score (nSPS) is 9.83. The first-order chi connectivity index (χ1) is 5.59. The van der Waals surface area contributed by atoms with Gasteiger partial charge >= 0.3 is 5.97 Å². The molecular formula is C7H5FINO2. The van der Waals surface area contributed by atoms with Gasteiger partial charge in [0, 0.05) is 0 Å². The average molecular weight is 281 g/mol. The molecule has 0 bridgehead atoms. The summed E-state index contributed by atoms with van der Waals surface area (Å²) in [4.78, 5) is 13.7. The zero-order valence-corrected chi connectivity index (χ0v) is 8.08. The maximum Gasteiger partial charge on any atom is 0.309 e. The predicted molar refractivity (Wildman–Crippen MR) is 48.3 cm³/mol. The highest BCUT2D eigenvalue weighted by Gasteiger charge is 2.05. The Morgan fingerprint density at radius 3 is 2.83 bits per heavy atom. The third-order valence-electron chi connectivity index (χ3n) is 1.19. The van der Waals surface area contributed by atoms with Crippen LogP contribution in [-0.4, -0.2) is 16.1 Å². The molecule has 12 heavy (non-hydrogen) atoms. The Bertz CT molecular complexity index is 316. The zero-order valence-electron chi connectivity index (χ0n) is 5.92. The number of hydrogen-bond donors (Lipinski definition) is 1. The molecule has 1 N–H and O–H groups in total. The Morgan fingerprint density at radius 2 is 2.33 bits per heavy atom. The summed E-state index contributed by atoms with van der Waals surface area (Å²) in [5.74, 6) is -1.63. The molecule has 64 valence electrons. The number of carbonyl (C=O) groups is 1. The molecule has 0 spiro atoms. The number of pyridine rings is 1. The van der Waals surface area contributed by atoms with Crippen molar-refractivity contribution in [3.63, 3.8) is 0 Å². The lowest BCUT2D eigenvalue weighted by molar-refractivity contribution is -0.136. The molecule has 0 aliphatic rings. The van der Waals surface area contributed by atoms with Gasteiger partial charge in [-0.2, -0.15) is 4.39 Å². The van der Waals surface area contributed by atoms with Crippen molar-refractivity contribution in [2.45, 2.75) is 6.42 Å². The van der Waals surface area contributed by atoms with E-state index in [1.807, 2.05) is 0 Å². The van der Waals surface area contributed by atoms with Gasteiger partial charge in [-0.3, -0.25) is 4.79 Å². The molecule has 1 aromatic rings. The van der Waals surface area contributed by atoms with Crippen molar-refractivity contribution >= 4 is 28.6 Å². The van der Waals surface area contributed by atoms with Crippen molar-refractivity contribution in [1.29, 1.82) is 0 Å². The number of rotatable bonds is 2. The average Bonchev–Trinajstić information content (AvgIpc) is 1.96. The number of hydrogen-bond acceptors (Lipinski definition) is 2. The topological polar surface area (TPSA) is 50.2 Å². The number of carboxylic acids is 1. The van der Waals surface area contributed by atoms with Gasteiger partial charge in [-0.25, -0.2) is 4.98 Å². The van der Waals surface area contributed by atoms with Gasteiger partial charge in [-0.1, -0.05) is 0 Å². The quantitative estimate of drug-likeness (QED) is 0.659. The molecule has 1 aromatic heterocycles. The zero-order chi connectivity index (χ0) is 9.14. The smallest absolute Gasteiger partial charge is 0.309 e. The maximum absolute atomic E-state index is 12.7. The van der Waals surface area contributed by atoms with E-state index in [1.165, 1.54) is 12.1 Å². The van der Waals surface area contributed by atoms with E-state index < -0.39 is 11.9 Å². The SMILES string of the molecule is O=C(O)Cc1ccc(I)c(F)n1.